The van der Waals surface area contributed by atoms with Gasteiger partial charge in [-0.2, -0.15) is 0 Å². The summed E-state index contributed by atoms with van der Waals surface area (Å²) in [5.41, 5.74) is 8.03. The first-order chi connectivity index (χ1) is 9.67. The molecule has 0 fully saturated rings. The van der Waals surface area contributed by atoms with Crippen molar-refractivity contribution in [2.75, 3.05) is 5.32 Å². The summed E-state index contributed by atoms with van der Waals surface area (Å²) in [5.74, 6) is 1.08. The van der Waals surface area contributed by atoms with Crippen LogP contribution in [0.4, 0.5) is 5.69 Å². The Bertz CT molecular complexity index is 653. The van der Waals surface area contributed by atoms with E-state index < -0.39 is 6.04 Å². The highest BCUT2D eigenvalue weighted by Gasteiger charge is 2.27. The molecule has 1 amide bonds. The van der Waals surface area contributed by atoms with E-state index in [1.165, 1.54) is 0 Å². The number of anilines is 1. The molecule has 0 radical (unpaired) electrons. The third-order valence-corrected chi connectivity index (χ3v) is 3.24. The lowest BCUT2D eigenvalue weighted by Crippen LogP contribution is -2.19. The second kappa shape index (κ2) is 4.96. The molecule has 1 atom stereocenters. The summed E-state index contributed by atoms with van der Waals surface area (Å²) in [4.78, 5) is 11.5. The van der Waals surface area contributed by atoms with Crippen molar-refractivity contribution in [3.05, 3.63) is 53.6 Å². The van der Waals surface area contributed by atoms with Crippen molar-refractivity contribution in [1.82, 2.24) is 0 Å². The highest BCUT2D eigenvalue weighted by atomic mass is 16.5. The van der Waals surface area contributed by atoms with Gasteiger partial charge in [-0.3, -0.25) is 4.79 Å². The van der Waals surface area contributed by atoms with E-state index in [-0.39, 0.29) is 12.5 Å². The van der Waals surface area contributed by atoms with Crippen molar-refractivity contribution < 1.29 is 14.6 Å². The number of nitrogens with one attached hydrogen (secondary N) is 1. The van der Waals surface area contributed by atoms with Crippen molar-refractivity contribution >= 4 is 11.6 Å². The molecule has 0 bridgehead atoms. The second-order valence-corrected chi connectivity index (χ2v) is 4.62. The fourth-order valence-electron chi connectivity index (χ4n) is 2.13. The predicted molar refractivity (Wildman–Crippen MR) is 74.4 cm³/mol. The molecule has 0 saturated carbocycles. The van der Waals surface area contributed by atoms with Crippen molar-refractivity contribution in [1.29, 1.82) is 0 Å². The van der Waals surface area contributed by atoms with Crippen LogP contribution in [0, 0.1) is 0 Å². The molecule has 1 unspecified atom stereocenters. The summed E-state index contributed by atoms with van der Waals surface area (Å²) in [6, 6.07) is 11.9. The normalized spacial score (nSPS) is 16.7. The van der Waals surface area contributed by atoms with Gasteiger partial charge in [0.05, 0.1) is 6.61 Å². The number of nitrogens with two attached hydrogens (primary N) is 1. The molecule has 20 heavy (non-hydrogen) atoms. The zero-order valence-electron chi connectivity index (χ0n) is 10.7. The maximum Gasteiger partial charge on any atom is 0.245 e. The number of carbonyl (C=O) groups excluding carboxylic acids is 1. The van der Waals surface area contributed by atoms with E-state index in [0.717, 1.165) is 11.1 Å². The molecule has 2 aromatic carbocycles. The van der Waals surface area contributed by atoms with Crippen LogP contribution in [0.25, 0.3) is 0 Å². The van der Waals surface area contributed by atoms with Gasteiger partial charge in [0.25, 0.3) is 0 Å². The summed E-state index contributed by atoms with van der Waals surface area (Å²) in [6.45, 7) is 0.00302. The number of benzene rings is 2. The summed E-state index contributed by atoms with van der Waals surface area (Å²) in [7, 11) is 0. The standard InChI is InChI=1S/C15H14N2O3/c16-14-12-6-5-11(7-13(12)17-15(14)19)20-10-3-1-9(8-18)2-4-10/h1-7,14,18H,8,16H2,(H,17,19). The molecule has 5 heteroatoms. The predicted octanol–water partition coefficient (Wildman–Crippen LogP) is 1.92. The first-order valence-electron chi connectivity index (χ1n) is 6.25. The summed E-state index contributed by atoms with van der Waals surface area (Å²) in [6.07, 6.45) is 0. The van der Waals surface area contributed by atoms with Gasteiger partial charge in [-0.25, -0.2) is 0 Å². The molecule has 2 aromatic rings. The molecule has 0 saturated heterocycles. The number of amides is 1. The van der Waals surface area contributed by atoms with Gasteiger partial charge in [0, 0.05) is 17.3 Å². The molecule has 4 N–H and O–H groups in total. The average Bonchev–Trinajstić information content (AvgIpc) is 2.74. The number of ether oxygens (including phenoxy) is 1. The third kappa shape index (κ3) is 2.24. The van der Waals surface area contributed by atoms with Crippen LogP contribution in [0.3, 0.4) is 0 Å². The molecule has 0 aromatic heterocycles. The van der Waals surface area contributed by atoms with Crippen LogP contribution < -0.4 is 15.8 Å². The summed E-state index contributed by atoms with van der Waals surface area (Å²) < 4.78 is 5.70. The van der Waals surface area contributed by atoms with Crippen LogP contribution in [0.1, 0.15) is 17.2 Å². The minimum atomic E-state index is -0.608. The number of carbonyl (C=O) groups is 1. The quantitative estimate of drug-likeness (QED) is 0.795. The Kier molecular flexibility index (Phi) is 3.14. The van der Waals surface area contributed by atoms with Gasteiger partial charge < -0.3 is 20.9 Å². The van der Waals surface area contributed by atoms with E-state index in [2.05, 4.69) is 5.32 Å². The molecular weight excluding hydrogens is 256 g/mol. The Morgan fingerprint density at radius 3 is 2.55 bits per heavy atom. The fourth-order valence-corrected chi connectivity index (χ4v) is 2.13. The number of hydrogen-bond acceptors (Lipinski definition) is 4. The van der Waals surface area contributed by atoms with Gasteiger partial charge in [0.1, 0.15) is 17.5 Å². The van der Waals surface area contributed by atoms with Crippen LogP contribution >= 0.6 is 0 Å². The zero-order chi connectivity index (χ0) is 14.1. The Balaban J connectivity index is 1.82. The first-order valence-corrected chi connectivity index (χ1v) is 6.25. The van der Waals surface area contributed by atoms with E-state index in [1.54, 1.807) is 42.5 Å². The Morgan fingerprint density at radius 1 is 1.15 bits per heavy atom. The van der Waals surface area contributed by atoms with Crippen molar-refractivity contribution in [3.63, 3.8) is 0 Å². The average molecular weight is 270 g/mol. The monoisotopic (exact) mass is 270 g/mol. The maximum atomic E-state index is 11.5. The Hall–Kier alpha value is -2.37. The van der Waals surface area contributed by atoms with Crippen LogP contribution in [0.15, 0.2) is 42.5 Å². The summed E-state index contributed by atoms with van der Waals surface area (Å²) in [5, 5.41) is 11.7. The van der Waals surface area contributed by atoms with Crippen molar-refractivity contribution in [2.24, 2.45) is 5.73 Å². The maximum absolute atomic E-state index is 11.5. The van der Waals surface area contributed by atoms with Crippen LogP contribution in [-0.2, 0) is 11.4 Å². The van der Waals surface area contributed by atoms with Crippen molar-refractivity contribution in [2.45, 2.75) is 12.6 Å². The van der Waals surface area contributed by atoms with E-state index in [1.807, 2.05) is 0 Å². The highest BCUT2D eigenvalue weighted by Crippen LogP contribution is 2.33. The second-order valence-electron chi connectivity index (χ2n) is 4.62. The van der Waals surface area contributed by atoms with Gasteiger partial charge in [0.2, 0.25) is 5.91 Å². The number of fused-ring (bicyclic) bond motifs is 1. The molecule has 3 rings (SSSR count). The smallest absolute Gasteiger partial charge is 0.245 e. The molecule has 1 aliphatic heterocycles. The number of aliphatic hydroxyl groups is 1. The third-order valence-electron chi connectivity index (χ3n) is 3.24. The molecule has 1 aliphatic rings. The Labute approximate surface area is 116 Å². The molecule has 1 heterocycles. The first kappa shape index (κ1) is 12.7. The van der Waals surface area contributed by atoms with Gasteiger partial charge in [0.15, 0.2) is 0 Å². The molecular formula is C15H14N2O3. The fraction of sp³-hybridized carbons (Fsp3) is 0.133. The van der Waals surface area contributed by atoms with E-state index in [9.17, 15) is 4.79 Å². The van der Waals surface area contributed by atoms with Gasteiger partial charge in [-0.1, -0.05) is 18.2 Å². The number of hydrogen-bond donors (Lipinski definition) is 3. The van der Waals surface area contributed by atoms with Crippen LogP contribution in [0.5, 0.6) is 11.5 Å². The van der Waals surface area contributed by atoms with Crippen molar-refractivity contribution in [3.8, 4) is 11.5 Å². The zero-order valence-corrected chi connectivity index (χ0v) is 10.7. The van der Waals surface area contributed by atoms with Gasteiger partial charge in [-0.05, 0) is 23.8 Å². The minimum absolute atomic E-state index is 0.00302. The van der Waals surface area contributed by atoms with Gasteiger partial charge in [-0.15, -0.1) is 0 Å². The largest absolute Gasteiger partial charge is 0.457 e. The lowest BCUT2D eigenvalue weighted by atomic mass is 10.1. The van der Waals surface area contributed by atoms with E-state index in [0.29, 0.717) is 17.2 Å². The molecule has 0 aliphatic carbocycles. The summed E-state index contributed by atoms with van der Waals surface area (Å²) >= 11 is 0. The van der Waals surface area contributed by atoms with E-state index in [4.69, 9.17) is 15.6 Å². The highest BCUT2D eigenvalue weighted by molar-refractivity contribution is 6.02. The van der Waals surface area contributed by atoms with Gasteiger partial charge >= 0.3 is 0 Å². The van der Waals surface area contributed by atoms with E-state index >= 15 is 0 Å². The number of aliphatic hydroxyl groups excluding tert-OH is 1. The Morgan fingerprint density at radius 2 is 1.85 bits per heavy atom. The SMILES string of the molecule is NC1C(=O)Nc2cc(Oc3ccc(CO)cc3)ccc21. The lowest BCUT2D eigenvalue weighted by molar-refractivity contribution is -0.116. The molecule has 102 valence electrons. The lowest BCUT2D eigenvalue weighted by Gasteiger charge is -2.08. The topological polar surface area (TPSA) is 84.6 Å². The minimum Gasteiger partial charge on any atom is -0.457 e. The van der Waals surface area contributed by atoms with Crippen LogP contribution in [-0.4, -0.2) is 11.0 Å². The van der Waals surface area contributed by atoms with Crippen LogP contribution in [0.2, 0.25) is 0 Å². The number of rotatable bonds is 3. The molecule has 0 spiro atoms. The molecule has 5 nitrogen and oxygen atoms in total.